The number of carbonyl (C=O) groups excluding carboxylic acids is 1. The molecule has 31 heavy (non-hydrogen) atoms. The van der Waals surface area contributed by atoms with E-state index in [1.54, 1.807) is 11.6 Å². The molecule has 9 nitrogen and oxygen atoms in total. The van der Waals surface area contributed by atoms with Crippen molar-refractivity contribution in [1.29, 1.82) is 0 Å². The first-order valence-electron chi connectivity index (χ1n) is 10.5. The fraction of sp³-hybridized carbons (Fsp3) is 0.455. The van der Waals surface area contributed by atoms with Crippen LogP contribution >= 0.6 is 0 Å². The molecule has 1 aliphatic rings. The molecular formula is C22H28N6O3. The number of piperazine rings is 1. The average molecular weight is 425 g/mol. The molecule has 0 atom stereocenters. The van der Waals surface area contributed by atoms with Crippen LogP contribution in [0.15, 0.2) is 30.3 Å². The van der Waals surface area contributed by atoms with Gasteiger partial charge >= 0.3 is 0 Å². The summed E-state index contributed by atoms with van der Waals surface area (Å²) >= 11 is 0. The van der Waals surface area contributed by atoms with E-state index in [1.165, 1.54) is 0 Å². The molecule has 1 amide bonds. The molecule has 1 aromatic carbocycles. The average Bonchev–Trinajstić information content (AvgIpc) is 3.17. The fourth-order valence-electron chi connectivity index (χ4n) is 3.72. The number of rotatable bonds is 7. The van der Waals surface area contributed by atoms with Gasteiger partial charge in [0.05, 0.1) is 13.5 Å². The minimum Gasteiger partial charge on any atom is -0.497 e. The Morgan fingerprint density at radius 3 is 2.45 bits per heavy atom. The first-order chi connectivity index (χ1) is 15.0. The standard InChI is InChI=1S/C22H28N6O3/c1-16-14-17(2)28-22(23-16)24-20(25-28)15-21(29)27-10-8-26(9-11-27)12-13-31-19-6-4-18(30-3)5-7-19/h4-7,14H,8-13,15H2,1-3H3. The number of carbonyl (C=O) groups is 1. The van der Waals surface area contributed by atoms with Crippen molar-refractivity contribution in [2.75, 3.05) is 46.4 Å². The first-order valence-corrected chi connectivity index (χ1v) is 10.5. The van der Waals surface area contributed by atoms with Crippen molar-refractivity contribution < 1.29 is 14.3 Å². The highest BCUT2D eigenvalue weighted by atomic mass is 16.5. The maximum Gasteiger partial charge on any atom is 0.252 e. The van der Waals surface area contributed by atoms with Gasteiger partial charge in [-0.3, -0.25) is 9.69 Å². The van der Waals surface area contributed by atoms with Crippen LogP contribution in [-0.2, 0) is 11.2 Å². The summed E-state index contributed by atoms with van der Waals surface area (Å²) in [5, 5.41) is 4.44. The zero-order valence-electron chi connectivity index (χ0n) is 18.2. The topological polar surface area (TPSA) is 85.1 Å². The van der Waals surface area contributed by atoms with Crippen molar-refractivity contribution in [2.24, 2.45) is 0 Å². The molecule has 164 valence electrons. The number of amides is 1. The smallest absolute Gasteiger partial charge is 0.252 e. The van der Waals surface area contributed by atoms with Gasteiger partial charge in [0.2, 0.25) is 5.91 Å². The van der Waals surface area contributed by atoms with E-state index >= 15 is 0 Å². The Hall–Kier alpha value is -3.20. The van der Waals surface area contributed by atoms with Gasteiger partial charge in [0.1, 0.15) is 18.1 Å². The van der Waals surface area contributed by atoms with E-state index < -0.39 is 0 Å². The summed E-state index contributed by atoms with van der Waals surface area (Å²) in [6.07, 6.45) is 0.197. The van der Waals surface area contributed by atoms with Crippen LogP contribution in [-0.4, -0.2) is 81.7 Å². The van der Waals surface area contributed by atoms with Crippen LogP contribution in [0.3, 0.4) is 0 Å². The summed E-state index contributed by atoms with van der Waals surface area (Å²) in [4.78, 5) is 25.7. The van der Waals surface area contributed by atoms with Gasteiger partial charge in [-0.2, -0.15) is 4.98 Å². The maximum atomic E-state index is 12.7. The zero-order chi connectivity index (χ0) is 21.8. The number of ether oxygens (including phenoxy) is 2. The van der Waals surface area contributed by atoms with Crippen LogP contribution in [0.5, 0.6) is 11.5 Å². The molecule has 0 unspecified atom stereocenters. The van der Waals surface area contributed by atoms with Gasteiger partial charge in [-0.25, -0.2) is 9.50 Å². The van der Waals surface area contributed by atoms with Crippen LogP contribution in [0.4, 0.5) is 0 Å². The van der Waals surface area contributed by atoms with Crippen LogP contribution in [0.2, 0.25) is 0 Å². The molecule has 0 radical (unpaired) electrons. The first kappa shape index (κ1) is 21.0. The van der Waals surface area contributed by atoms with Crippen molar-refractivity contribution in [1.82, 2.24) is 29.4 Å². The summed E-state index contributed by atoms with van der Waals surface area (Å²) in [6, 6.07) is 9.53. The number of aryl methyl sites for hydroxylation is 2. The van der Waals surface area contributed by atoms with E-state index in [0.717, 1.165) is 42.5 Å². The van der Waals surface area contributed by atoms with E-state index in [-0.39, 0.29) is 12.3 Å². The van der Waals surface area contributed by atoms with Crippen molar-refractivity contribution in [3.63, 3.8) is 0 Å². The lowest BCUT2D eigenvalue weighted by molar-refractivity contribution is -0.132. The van der Waals surface area contributed by atoms with Gasteiger partial charge in [-0.05, 0) is 44.2 Å². The van der Waals surface area contributed by atoms with Crippen molar-refractivity contribution in [2.45, 2.75) is 20.3 Å². The maximum absolute atomic E-state index is 12.7. The minimum atomic E-state index is 0.0550. The molecule has 3 aromatic rings. The van der Waals surface area contributed by atoms with Crippen LogP contribution < -0.4 is 9.47 Å². The molecule has 0 spiro atoms. The number of hydrogen-bond donors (Lipinski definition) is 0. The third kappa shape index (κ3) is 5.11. The third-order valence-electron chi connectivity index (χ3n) is 5.43. The summed E-state index contributed by atoms with van der Waals surface area (Å²) in [7, 11) is 1.65. The highest BCUT2D eigenvalue weighted by Crippen LogP contribution is 2.17. The second kappa shape index (κ2) is 9.30. The summed E-state index contributed by atoms with van der Waals surface area (Å²) in [5.41, 5.74) is 1.85. The quantitative estimate of drug-likeness (QED) is 0.568. The highest BCUT2D eigenvalue weighted by molar-refractivity contribution is 5.78. The van der Waals surface area contributed by atoms with E-state index in [4.69, 9.17) is 9.47 Å². The molecule has 2 aromatic heterocycles. The van der Waals surface area contributed by atoms with Gasteiger partial charge in [0.25, 0.3) is 5.78 Å². The van der Waals surface area contributed by atoms with Crippen LogP contribution in [0.25, 0.3) is 5.78 Å². The SMILES string of the molecule is COc1ccc(OCCN2CCN(C(=O)Cc3nc4nc(C)cc(C)n4n3)CC2)cc1. The number of nitrogens with zero attached hydrogens (tertiary/aromatic N) is 6. The molecular weight excluding hydrogens is 396 g/mol. The Balaban J connectivity index is 1.23. The number of methoxy groups -OCH3 is 1. The second-order valence-electron chi connectivity index (χ2n) is 7.70. The lowest BCUT2D eigenvalue weighted by Gasteiger charge is -2.34. The van der Waals surface area contributed by atoms with Gasteiger partial charge in [-0.1, -0.05) is 0 Å². The Bertz CT molecular complexity index is 1040. The number of benzene rings is 1. The molecule has 0 saturated carbocycles. The largest absolute Gasteiger partial charge is 0.497 e. The third-order valence-corrected chi connectivity index (χ3v) is 5.43. The molecule has 0 bridgehead atoms. The molecule has 1 fully saturated rings. The van der Waals surface area contributed by atoms with E-state index in [0.29, 0.717) is 31.3 Å². The number of hydrogen-bond acceptors (Lipinski definition) is 7. The number of aromatic nitrogens is 4. The van der Waals surface area contributed by atoms with Gasteiger partial charge < -0.3 is 14.4 Å². The highest BCUT2D eigenvalue weighted by Gasteiger charge is 2.22. The predicted octanol–water partition coefficient (Wildman–Crippen LogP) is 1.52. The molecule has 9 heteroatoms. The molecule has 4 rings (SSSR count). The second-order valence-corrected chi connectivity index (χ2v) is 7.70. The molecule has 1 saturated heterocycles. The van der Waals surface area contributed by atoms with E-state index in [1.807, 2.05) is 49.1 Å². The molecule has 0 N–H and O–H groups in total. The Morgan fingerprint density at radius 1 is 1.03 bits per heavy atom. The van der Waals surface area contributed by atoms with Crippen molar-refractivity contribution >= 4 is 11.7 Å². The molecule has 1 aliphatic heterocycles. The zero-order valence-corrected chi connectivity index (χ0v) is 18.2. The number of fused-ring (bicyclic) bond motifs is 1. The normalized spacial score (nSPS) is 14.7. The van der Waals surface area contributed by atoms with E-state index in [2.05, 4.69) is 20.0 Å². The van der Waals surface area contributed by atoms with Crippen LogP contribution in [0.1, 0.15) is 17.2 Å². The van der Waals surface area contributed by atoms with Gasteiger partial charge in [-0.15, -0.1) is 5.10 Å². The van der Waals surface area contributed by atoms with Crippen LogP contribution in [0, 0.1) is 13.8 Å². The minimum absolute atomic E-state index is 0.0550. The predicted molar refractivity (Wildman–Crippen MR) is 115 cm³/mol. The summed E-state index contributed by atoms with van der Waals surface area (Å²) in [6.45, 7) is 8.37. The Kier molecular flexibility index (Phi) is 6.31. The fourth-order valence-corrected chi connectivity index (χ4v) is 3.72. The lowest BCUT2D eigenvalue weighted by atomic mass is 10.2. The summed E-state index contributed by atoms with van der Waals surface area (Å²) in [5.74, 6) is 2.76. The Labute approximate surface area is 181 Å². The molecule has 3 heterocycles. The van der Waals surface area contributed by atoms with Gasteiger partial charge in [0.15, 0.2) is 5.82 Å². The van der Waals surface area contributed by atoms with Gasteiger partial charge in [0, 0.05) is 44.1 Å². The molecule has 0 aliphatic carbocycles. The monoisotopic (exact) mass is 424 g/mol. The van der Waals surface area contributed by atoms with Crippen molar-refractivity contribution in [3.05, 3.63) is 47.5 Å². The lowest BCUT2D eigenvalue weighted by Crippen LogP contribution is -2.50. The van der Waals surface area contributed by atoms with E-state index in [9.17, 15) is 4.79 Å². The Morgan fingerprint density at radius 2 is 1.74 bits per heavy atom. The van der Waals surface area contributed by atoms with Crippen molar-refractivity contribution in [3.8, 4) is 11.5 Å². The summed E-state index contributed by atoms with van der Waals surface area (Å²) < 4.78 is 12.6.